The van der Waals surface area contributed by atoms with Crippen molar-refractivity contribution in [1.82, 2.24) is 20.1 Å². The number of nitrogens with two attached hydrogens (primary N) is 1. The number of thiazole rings is 1. The molecule has 2 unspecified atom stereocenters. The molecule has 0 saturated carbocycles. The number of hydrogen-bond acceptors (Lipinski definition) is 14. The lowest BCUT2D eigenvalue weighted by molar-refractivity contribution is -0.218. The number of anilines is 1. The summed E-state index contributed by atoms with van der Waals surface area (Å²) in [6.45, 7) is 6.56. The van der Waals surface area contributed by atoms with Gasteiger partial charge < -0.3 is 26.2 Å². The average Bonchev–Trinajstić information content (AvgIpc) is 3.25. The van der Waals surface area contributed by atoms with E-state index in [0.717, 1.165) is 23.6 Å². The molecule has 1 saturated heterocycles. The first-order valence-corrected chi connectivity index (χ1v) is 14.3. The molecule has 1 aliphatic heterocycles. The van der Waals surface area contributed by atoms with Crippen molar-refractivity contribution in [3.63, 3.8) is 0 Å². The van der Waals surface area contributed by atoms with Crippen LogP contribution in [0, 0.1) is 0 Å². The number of oxime groups is 1. The Bertz CT molecular complexity index is 1450. The van der Waals surface area contributed by atoms with Crippen LogP contribution in [0.3, 0.4) is 0 Å². The fourth-order valence-corrected chi connectivity index (χ4v) is 5.15. The number of aromatic hydroxyl groups is 1. The van der Waals surface area contributed by atoms with Crippen molar-refractivity contribution in [1.29, 1.82) is 0 Å². The molecule has 1 aliphatic rings. The van der Waals surface area contributed by atoms with Crippen molar-refractivity contribution in [3.8, 4) is 5.75 Å². The lowest BCUT2D eigenvalue weighted by atomic mass is 9.84. The maximum absolute atomic E-state index is 13.2. The van der Waals surface area contributed by atoms with Crippen LogP contribution in [0.5, 0.6) is 5.75 Å². The Morgan fingerprint density at radius 1 is 1.38 bits per heavy atom. The van der Waals surface area contributed by atoms with Crippen molar-refractivity contribution in [2.24, 2.45) is 5.16 Å². The average molecular weight is 607 g/mol. The van der Waals surface area contributed by atoms with Crippen LogP contribution in [0.2, 0.25) is 0 Å². The highest BCUT2D eigenvalue weighted by molar-refractivity contribution is 7.99. The van der Waals surface area contributed by atoms with Crippen LogP contribution in [0.25, 0.3) is 0 Å². The molecule has 0 radical (unpaired) electrons. The minimum Gasteiger partial charge on any atom is -0.503 e. The monoisotopic (exact) mass is 606 g/mol. The summed E-state index contributed by atoms with van der Waals surface area (Å²) in [6.07, 6.45) is -0.299. The number of hydrogen-bond donors (Lipinski definition) is 5. The zero-order chi connectivity index (χ0) is 29.3. The minimum absolute atomic E-state index is 0.0204. The summed E-state index contributed by atoms with van der Waals surface area (Å²) in [7, 11) is -5.00. The zero-order valence-electron chi connectivity index (χ0n) is 21.0. The number of thioether (sulfide) groups is 1. The molecular formula is C20H26N6O10S3. The first-order chi connectivity index (χ1) is 18.0. The van der Waals surface area contributed by atoms with Gasteiger partial charge in [-0.25, -0.2) is 4.98 Å². The molecule has 1 fully saturated rings. The summed E-state index contributed by atoms with van der Waals surface area (Å²) < 4.78 is 35.8. The van der Waals surface area contributed by atoms with Gasteiger partial charge in [-0.15, -0.1) is 15.6 Å². The van der Waals surface area contributed by atoms with Crippen molar-refractivity contribution in [2.45, 2.75) is 50.6 Å². The molecule has 3 rings (SSSR count). The van der Waals surface area contributed by atoms with E-state index in [1.54, 1.807) is 0 Å². The number of nitrogens with one attached hydrogen (secondary N) is 1. The number of amides is 2. The number of pyridine rings is 1. The van der Waals surface area contributed by atoms with Crippen molar-refractivity contribution in [2.75, 3.05) is 11.5 Å². The fraction of sp³-hybridized carbons (Fsp3) is 0.450. The lowest BCUT2D eigenvalue weighted by Gasteiger charge is -2.50. The summed E-state index contributed by atoms with van der Waals surface area (Å²) in [6, 6.07) is -0.337. The zero-order valence-corrected chi connectivity index (χ0v) is 23.4. The second kappa shape index (κ2) is 11.4. The maximum Gasteiger partial charge on any atom is 0.418 e. The largest absolute Gasteiger partial charge is 0.503 e. The lowest BCUT2D eigenvalue weighted by Crippen LogP contribution is -2.76. The Labute approximate surface area is 230 Å². The number of aromatic nitrogens is 2. The summed E-state index contributed by atoms with van der Waals surface area (Å²) in [5, 5.41) is 28.2. The summed E-state index contributed by atoms with van der Waals surface area (Å²) in [4.78, 5) is 47.3. The van der Waals surface area contributed by atoms with Crippen LogP contribution in [-0.2, 0) is 29.1 Å². The molecule has 2 amide bonds. The number of carbonyl (C=O) groups is 2. The third kappa shape index (κ3) is 6.98. The van der Waals surface area contributed by atoms with E-state index in [1.165, 1.54) is 31.0 Å². The second-order valence-corrected chi connectivity index (χ2v) is 12.5. The smallest absolute Gasteiger partial charge is 0.418 e. The third-order valence-electron chi connectivity index (χ3n) is 5.32. The van der Waals surface area contributed by atoms with E-state index < -0.39 is 56.8 Å². The van der Waals surface area contributed by atoms with Gasteiger partial charge in [0.15, 0.2) is 22.7 Å². The summed E-state index contributed by atoms with van der Waals surface area (Å²) >= 11 is 2.38. The highest BCUT2D eigenvalue weighted by atomic mass is 32.3. The van der Waals surface area contributed by atoms with Crippen LogP contribution in [-0.4, -0.2) is 78.2 Å². The van der Waals surface area contributed by atoms with Crippen LogP contribution in [0.4, 0.5) is 5.13 Å². The van der Waals surface area contributed by atoms with E-state index >= 15 is 0 Å². The molecule has 0 aliphatic carbocycles. The molecule has 0 aromatic carbocycles. The Balaban J connectivity index is 1.93. The van der Waals surface area contributed by atoms with E-state index in [1.807, 2.05) is 13.8 Å². The Morgan fingerprint density at radius 2 is 2.05 bits per heavy atom. The van der Waals surface area contributed by atoms with Crippen molar-refractivity contribution < 1.29 is 42.0 Å². The number of carbonyl (C=O) groups excluding carboxylic acids is 2. The van der Waals surface area contributed by atoms with Gasteiger partial charge in [-0.05, 0) is 19.1 Å². The predicted molar refractivity (Wildman–Crippen MR) is 140 cm³/mol. The predicted octanol–water partition coefficient (Wildman–Crippen LogP) is 0.274. The fourth-order valence-electron chi connectivity index (χ4n) is 3.36. The van der Waals surface area contributed by atoms with Crippen LogP contribution in [0.1, 0.15) is 45.2 Å². The van der Waals surface area contributed by atoms with Gasteiger partial charge in [0.1, 0.15) is 17.4 Å². The van der Waals surface area contributed by atoms with Gasteiger partial charge in [0.25, 0.3) is 11.8 Å². The Hall–Kier alpha value is -3.39. The number of nitrogens with zero attached hydrogens (tertiary/aromatic N) is 4. The van der Waals surface area contributed by atoms with E-state index in [4.69, 9.17) is 15.1 Å². The number of rotatable bonds is 11. The maximum atomic E-state index is 13.2. The summed E-state index contributed by atoms with van der Waals surface area (Å²) in [5.74, 6) is -2.46. The number of hydroxylamine groups is 2. The van der Waals surface area contributed by atoms with Gasteiger partial charge in [0.05, 0.1) is 11.7 Å². The molecule has 3 heterocycles. The molecule has 2 aromatic rings. The van der Waals surface area contributed by atoms with E-state index in [-0.39, 0.29) is 27.5 Å². The molecule has 2 atom stereocenters. The van der Waals surface area contributed by atoms with Crippen LogP contribution < -0.4 is 16.5 Å². The normalized spacial score (nSPS) is 18.1. The minimum atomic E-state index is -5.00. The quantitative estimate of drug-likeness (QED) is 0.0760. The second-order valence-electron chi connectivity index (χ2n) is 8.97. The Morgan fingerprint density at radius 3 is 2.59 bits per heavy atom. The first kappa shape index (κ1) is 30.2. The highest BCUT2D eigenvalue weighted by Gasteiger charge is 2.58. The molecule has 0 spiro atoms. The first-order valence-electron chi connectivity index (χ1n) is 11.0. The van der Waals surface area contributed by atoms with Gasteiger partial charge >= 0.3 is 10.4 Å². The van der Waals surface area contributed by atoms with Gasteiger partial charge in [-0.2, -0.15) is 30.0 Å². The SMILES string of the molecule is CC(C)SCC(O/N=C(\C(=O)NC1C(=O)N(OS(=O)(=O)O)C1(C)C)c1csc(N)n1)c1cc(=O)c(O)cn1O. The number of nitrogen functional groups attached to an aromatic ring is 1. The highest BCUT2D eigenvalue weighted by Crippen LogP contribution is 2.33. The number of β-lactam (4-membered cyclic amide) rings is 1. The molecule has 39 heavy (non-hydrogen) atoms. The molecule has 6 N–H and O–H groups in total. The molecule has 19 heteroatoms. The van der Waals surface area contributed by atoms with Crippen molar-refractivity contribution in [3.05, 3.63) is 39.3 Å². The van der Waals surface area contributed by atoms with Gasteiger partial charge in [0.2, 0.25) is 5.43 Å². The van der Waals surface area contributed by atoms with Gasteiger partial charge in [-0.3, -0.25) is 18.9 Å². The van der Waals surface area contributed by atoms with Crippen molar-refractivity contribution >= 4 is 56.2 Å². The topological polar surface area (TPSA) is 236 Å². The summed E-state index contributed by atoms with van der Waals surface area (Å²) in [5.41, 5.74) is 3.01. The molecule has 0 bridgehead atoms. The van der Waals surface area contributed by atoms with Crippen LogP contribution in [0.15, 0.2) is 27.6 Å². The molecule has 214 valence electrons. The van der Waals surface area contributed by atoms with E-state index in [9.17, 15) is 33.1 Å². The molecule has 2 aromatic heterocycles. The van der Waals surface area contributed by atoms with E-state index in [0.29, 0.717) is 9.79 Å². The molecule has 16 nitrogen and oxygen atoms in total. The molecular weight excluding hydrogens is 580 g/mol. The van der Waals surface area contributed by atoms with E-state index in [2.05, 4.69) is 19.7 Å². The van der Waals surface area contributed by atoms with Gasteiger partial charge in [0, 0.05) is 17.2 Å². The van der Waals surface area contributed by atoms with Crippen LogP contribution >= 0.6 is 23.1 Å². The third-order valence-corrected chi connectivity index (χ3v) is 7.50. The van der Waals surface area contributed by atoms with Gasteiger partial charge in [-0.1, -0.05) is 19.0 Å². The Kier molecular flexibility index (Phi) is 8.80. The standard InChI is InChI=1S/C20H26N6O10S3/c1-9(2)37-8-14(11-5-12(27)13(28)6-25(11)31)35-24-15(10-7-38-19(21)22-10)17(29)23-16-18(30)26(20(16,3)4)36-39(32,33)34/h5-7,9,14,16,28,31H,8H2,1-4H3,(H2,21,22)(H,23,29)(H,32,33,34)/b24-15-.